The Morgan fingerprint density at radius 1 is 1.38 bits per heavy atom. The molecule has 0 saturated heterocycles. The molecule has 0 spiro atoms. The van der Waals surface area contributed by atoms with E-state index >= 15 is 0 Å². The van der Waals surface area contributed by atoms with Gasteiger partial charge < -0.3 is 0 Å². The quantitative estimate of drug-likeness (QED) is 0.310. The third-order valence-electron chi connectivity index (χ3n) is 1.22. The van der Waals surface area contributed by atoms with E-state index < -0.39 is 14.5 Å². The maximum atomic E-state index is 10.4. The van der Waals surface area contributed by atoms with Crippen molar-refractivity contribution in [2.45, 2.75) is 0 Å². The first kappa shape index (κ1) is 9.98. The Morgan fingerprint density at radius 3 is 2.46 bits per heavy atom. The zero-order chi connectivity index (χ0) is 10.1. The van der Waals surface area contributed by atoms with Gasteiger partial charge in [-0.3, -0.25) is 0 Å². The normalized spacial score (nSPS) is 11.2. The molecular weight excluding hydrogens is 241 g/mol. The molecule has 0 bridgehead atoms. The molecule has 5 N–H and O–H groups in total. The van der Waals surface area contributed by atoms with Gasteiger partial charge in [-0.1, -0.05) is 0 Å². The number of hydrogen-bond acceptors (Lipinski definition) is 4. The predicted molar refractivity (Wildman–Crippen MR) is 44.0 cm³/mol. The number of rotatable bonds is 2. The van der Waals surface area contributed by atoms with Crippen LogP contribution < -0.4 is 9.46 Å². The van der Waals surface area contributed by atoms with Crippen LogP contribution in [0, 0.1) is 0 Å². The van der Waals surface area contributed by atoms with Crippen LogP contribution >= 0.6 is 0 Å². The molecule has 7 heteroatoms. The average molecular weight is 249 g/mol. The van der Waals surface area contributed by atoms with Crippen molar-refractivity contribution in [2.75, 3.05) is 5.73 Å². The molecule has 13 heavy (non-hydrogen) atoms. The summed E-state index contributed by atoms with van der Waals surface area (Å²) >= 11 is -5.14. The Labute approximate surface area is 76.9 Å². The molecule has 0 atom stereocenters. The van der Waals surface area contributed by atoms with E-state index in [9.17, 15) is 3.74 Å². The van der Waals surface area contributed by atoms with Crippen LogP contribution in [-0.4, -0.2) is 27.8 Å². The third kappa shape index (κ3) is 3.02. The Bertz CT molecular complexity index is 360. The van der Waals surface area contributed by atoms with Crippen molar-refractivity contribution in [2.24, 2.45) is 0 Å². The summed E-state index contributed by atoms with van der Waals surface area (Å²) in [5, 5.41) is 8.97. The van der Waals surface area contributed by atoms with Crippen LogP contribution in [0.5, 0.6) is 11.5 Å². The van der Waals surface area contributed by atoms with E-state index in [4.69, 9.17) is 19.0 Å². The van der Waals surface area contributed by atoms with E-state index in [0.717, 1.165) is 6.07 Å². The minimum atomic E-state index is -5.14. The zero-order valence-corrected chi connectivity index (χ0v) is 8.29. The molecule has 0 aliphatic carbocycles. The first-order valence-electron chi connectivity index (χ1n) is 3.22. The van der Waals surface area contributed by atoms with Gasteiger partial charge in [0.15, 0.2) is 0 Å². The molecule has 0 aliphatic heterocycles. The number of aromatic hydroxyl groups is 1. The number of phenolic OH excluding ortho intramolecular Hbond substituents is 1. The van der Waals surface area contributed by atoms with E-state index in [0.29, 0.717) is 0 Å². The van der Waals surface area contributed by atoms with Crippen molar-refractivity contribution >= 4 is 20.2 Å². The number of phenols is 1. The van der Waals surface area contributed by atoms with Gasteiger partial charge in [0, 0.05) is 0 Å². The molecule has 0 aromatic heterocycles. The summed E-state index contributed by atoms with van der Waals surface area (Å²) in [6, 6.07) is 3.54. The molecular formula is C6H8AsNO5. The van der Waals surface area contributed by atoms with Crippen LogP contribution in [0.1, 0.15) is 0 Å². The van der Waals surface area contributed by atoms with Gasteiger partial charge in [0.1, 0.15) is 0 Å². The number of benzene rings is 1. The third-order valence-corrected chi connectivity index (χ3v) is 2.16. The predicted octanol–water partition coefficient (Wildman–Crippen LogP) is -0.796. The molecule has 0 unspecified atom stereocenters. The molecule has 0 amide bonds. The van der Waals surface area contributed by atoms with Crippen molar-refractivity contribution in [3.63, 3.8) is 0 Å². The van der Waals surface area contributed by atoms with Crippen LogP contribution in [0.2, 0.25) is 0 Å². The van der Waals surface area contributed by atoms with Gasteiger partial charge in [-0.15, -0.1) is 0 Å². The van der Waals surface area contributed by atoms with Gasteiger partial charge in [0.2, 0.25) is 0 Å². The number of anilines is 1. The van der Waals surface area contributed by atoms with Crippen LogP contribution in [0.25, 0.3) is 0 Å². The summed E-state index contributed by atoms with van der Waals surface area (Å²) in [5.74, 6) is -0.229. The summed E-state index contributed by atoms with van der Waals surface area (Å²) < 4.78 is 31.7. The van der Waals surface area contributed by atoms with Crippen molar-refractivity contribution in [3.05, 3.63) is 18.2 Å². The molecule has 1 aromatic carbocycles. The fraction of sp³-hybridized carbons (Fsp3) is 0. The van der Waals surface area contributed by atoms with E-state index in [-0.39, 0.29) is 17.2 Å². The summed E-state index contributed by atoms with van der Waals surface area (Å²) in [6.45, 7) is 0. The van der Waals surface area contributed by atoms with Gasteiger partial charge in [-0.25, -0.2) is 0 Å². The second-order valence-electron chi connectivity index (χ2n) is 2.30. The second-order valence-corrected chi connectivity index (χ2v) is 4.74. The fourth-order valence-electron chi connectivity index (χ4n) is 0.727. The van der Waals surface area contributed by atoms with Crippen molar-refractivity contribution in [3.8, 4) is 11.5 Å². The van der Waals surface area contributed by atoms with Gasteiger partial charge in [0.05, 0.1) is 0 Å². The summed E-state index contributed by atoms with van der Waals surface area (Å²) in [7, 11) is 0. The van der Waals surface area contributed by atoms with E-state index in [1.165, 1.54) is 12.1 Å². The van der Waals surface area contributed by atoms with Gasteiger partial charge >= 0.3 is 76.4 Å². The molecule has 1 rings (SSSR count). The van der Waals surface area contributed by atoms with Crippen LogP contribution in [0.3, 0.4) is 0 Å². The maximum absolute atomic E-state index is 10.4. The average Bonchev–Trinajstić information content (AvgIpc) is 1.94. The second kappa shape index (κ2) is 3.33. The minimum absolute atomic E-state index is 0.00134. The van der Waals surface area contributed by atoms with Gasteiger partial charge in [0.25, 0.3) is 0 Å². The van der Waals surface area contributed by atoms with E-state index in [2.05, 4.69) is 3.73 Å². The summed E-state index contributed by atoms with van der Waals surface area (Å²) in [4.78, 5) is 0. The van der Waals surface area contributed by atoms with Crippen LogP contribution in [0.4, 0.5) is 5.69 Å². The monoisotopic (exact) mass is 249 g/mol. The Morgan fingerprint density at radius 2 is 2.00 bits per heavy atom. The molecule has 0 aliphatic rings. The standard InChI is InChI=1S/C6H8AsNO5/c8-5-3-4(1-2-6(5)9)13-7(10,11)12/h1-3,9H,8H2,(H2,10,11,12). The van der Waals surface area contributed by atoms with Crippen molar-refractivity contribution < 1.29 is 20.8 Å². The van der Waals surface area contributed by atoms with E-state index in [1.54, 1.807) is 0 Å². The Balaban J connectivity index is 2.92. The van der Waals surface area contributed by atoms with Gasteiger partial charge in [-0.05, 0) is 0 Å². The molecule has 6 nitrogen and oxygen atoms in total. The number of nitrogen functional groups attached to an aromatic ring is 1. The SMILES string of the molecule is Nc1cc(O[As](=O)(O)O)ccc1O. The van der Waals surface area contributed by atoms with Crippen LogP contribution in [-0.2, 0) is 3.74 Å². The molecule has 72 valence electrons. The Kier molecular flexibility index (Phi) is 2.56. The first-order chi connectivity index (χ1) is 5.88. The number of nitrogens with two attached hydrogens (primary N) is 1. The Hall–Kier alpha value is -1.10. The molecule has 0 radical (unpaired) electrons. The van der Waals surface area contributed by atoms with Crippen molar-refractivity contribution in [1.29, 1.82) is 0 Å². The van der Waals surface area contributed by atoms with Crippen molar-refractivity contribution in [1.82, 2.24) is 0 Å². The first-order valence-corrected chi connectivity index (χ1v) is 6.43. The molecule has 0 saturated carbocycles. The van der Waals surface area contributed by atoms with Crippen LogP contribution in [0.15, 0.2) is 18.2 Å². The van der Waals surface area contributed by atoms with E-state index in [1.807, 2.05) is 0 Å². The molecule has 1 aromatic rings. The molecule has 0 heterocycles. The zero-order valence-electron chi connectivity index (χ0n) is 6.41. The topological polar surface area (TPSA) is 113 Å². The van der Waals surface area contributed by atoms with Gasteiger partial charge in [-0.2, -0.15) is 0 Å². The fourth-order valence-corrected chi connectivity index (χ4v) is 1.54. The number of hydrogen-bond donors (Lipinski definition) is 4. The summed E-state index contributed by atoms with van der Waals surface area (Å²) in [5.41, 5.74) is 5.26. The summed E-state index contributed by atoms with van der Waals surface area (Å²) in [6.07, 6.45) is 0. The molecule has 0 fully saturated rings.